The van der Waals surface area contributed by atoms with Crippen molar-refractivity contribution in [3.63, 3.8) is 0 Å². The first-order chi connectivity index (χ1) is 8.18. The molecule has 2 aromatic rings. The molecule has 1 aromatic carbocycles. The average Bonchev–Trinajstić information content (AvgIpc) is 2.30. The van der Waals surface area contributed by atoms with Gasteiger partial charge in [0.25, 0.3) is 0 Å². The predicted octanol–water partition coefficient (Wildman–Crippen LogP) is 2.61. The maximum Gasteiger partial charge on any atom is 0.0630 e. The number of anilines is 2. The summed E-state index contributed by atoms with van der Waals surface area (Å²) in [4.78, 5) is 6.45. The van der Waals surface area contributed by atoms with Crippen LogP contribution in [0.4, 0.5) is 11.4 Å². The van der Waals surface area contributed by atoms with E-state index in [1.165, 1.54) is 5.56 Å². The molecule has 0 fully saturated rings. The molecule has 2 rings (SSSR count). The normalized spacial score (nSPS) is 10.2. The first kappa shape index (κ1) is 11.5. The highest BCUT2D eigenvalue weighted by molar-refractivity contribution is 5.70. The van der Waals surface area contributed by atoms with Crippen LogP contribution < -0.4 is 10.6 Å². The molecule has 0 atom stereocenters. The molecule has 17 heavy (non-hydrogen) atoms. The van der Waals surface area contributed by atoms with E-state index in [0.717, 1.165) is 23.6 Å². The number of rotatable bonds is 3. The summed E-state index contributed by atoms with van der Waals surface area (Å²) in [6, 6.07) is 11.9. The van der Waals surface area contributed by atoms with Gasteiger partial charge in [0.05, 0.1) is 23.6 Å². The van der Waals surface area contributed by atoms with Crippen molar-refractivity contribution in [1.29, 1.82) is 0 Å². The molecular weight excluding hydrogens is 210 g/mol. The van der Waals surface area contributed by atoms with Gasteiger partial charge in [-0.25, -0.2) is 0 Å². The van der Waals surface area contributed by atoms with Gasteiger partial charge in [-0.15, -0.1) is 0 Å². The van der Waals surface area contributed by atoms with Crippen LogP contribution in [0.3, 0.4) is 0 Å². The standard InChI is InChI=1S/C14H17N3/c1-11-6-5-8-13(15)14(11)17(2)10-12-7-3-4-9-16-12/h3-9H,10,15H2,1-2H3. The SMILES string of the molecule is Cc1cccc(N)c1N(C)Cc1ccccn1. The van der Waals surface area contributed by atoms with Crippen molar-refractivity contribution < 1.29 is 0 Å². The van der Waals surface area contributed by atoms with Gasteiger partial charge < -0.3 is 10.6 Å². The van der Waals surface area contributed by atoms with Gasteiger partial charge in [0, 0.05) is 13.2 Å². The summed E-state index contributed by atoms with van der Waals surface area (Å²) >= 11 is 0. The maximum atomic E-state index is 6.01. The summed E-state index contributed by atoms with van der Waals surface area (Å²) in [5.41, 5.74) is 10.1. The summed E-state index contributed by atoms with van der Waals surface area (Å²) < 4.78 is 0. The topological polar surface area (TPSA) is 42.1 Å². The molecule has 0 spiro atoms. The van der Waals surface area contributed by atoms with Gasteiger partial charge in [0.1, 0.15) is 0 Å². The minimum absolute atomic E-state index is 0.760. The Morgan fingerprint density at radius 1 is 1.18 bits per heavy atom. The van der Waals surface area contributed by atoms with Gasteiger partial charge in [0.2, 0.25) is 0 Å². The van der Waals surface area contributed by atoms with E-state index >= 15 is 0 Å². The molecule has 3 heteroatoms. The molecular formula is C14H17N3. The number of nitrogens with two attached hydrogens (primary N) is 1. The van der Waals surface area contributed by atoms with Gasteiger partial charge in [-0.1, -0.05) is 18.2 Å². The molecule has 0 aliphatic carbocycles. The molecule has 88 valence electrons. The Kier molecular flexibility index (Phi) is 3.28. The number of aryl methyl sites for hydroxylation is 1. The second kappa shape index (κ2) is 4.87. The lowest BCUT2D eigenvalue weighted by atomic mass is 10.1. The van der Waals surface area contributed by atoms with Crippen LogP contribution in [0, 0.1) is 6.92 Å². The first-order valence-electron chi connectivity index (χ1n) is 5.64. The Labute approximate surface area is 102 Å². The number of benzene rings is 1. The highest BCUT2D eigenvalue weighted by Crippen LogP contribution is 2.26. The number of nitrogens with zero attached hydrogens (tertiary/aromatic N) is 2. The summed E-state index contributed by atoms with van der Waals surface area (Å²) in [6.45, 7) is 2.83. The summed E-state index contributed by atoms with van der Waals surface area (Å²) in [7, 11) is 2.04. The van der Waals surface area contributed by atoms with Gasteiger partial charge in [-0.3, -0.25) is 4.98 Å². The minimum Gasteiger partial charge on any atom is -0.397 e. The van der Waals surface area contributed by atoms with Gasteiger partial charge in [-0.2, -0.15) is 0 Å². The van der Waals surface area contributed by atoms with E-state index in [2.05, 4.69) is 22.9 Å². The fourth-order valence-electron chi connectivity index (χ4n) is 2.02. The number of aromatic nitrogens is 1. The molecule has 3 nitrogen and oxygen atoms in total. The third-order valence-corrected chi connectivity index (χ3v) is 2.78. The Morgan fingerprint density at radius 3 is 2.65 bits per heavy atom. The Balaban J connectivity index is 2.23. The van der Waals surface area contributed by atoms with Crippen LogP contribution in [-0.2, 0) is 6.54 Å². The average molecular weight is 227 g/mol. The van der Waals surface area contributed by atoms with E-state index in [-0.39, 0.29) is 0 Å². The van der Waals surface area contributed by atoms with Crippen LogP contribution in [0.1, 0.15) is 11.3 Å². The highest BCUT2D eigenvalue weighted by atomic mass is 15.1. The lowest BCUT2D eigenvalue weighted by molar-refractivity contribution is 0.882. The predicted molar refractivity (Wildman–Crippen MR) is 71.9 cm³/mol. The molecule has 0 radical (unpaired) electrons. The molecule has 0 aliphatic rings. The highest BCUT2D eigenvalue weighted by Gasteiger charge is 2.08. The molecule has 0 unspecified atom stereocenters. The number of hydrogen-bond donors (Lipinski definition) is 1. The Bertz CT molecular complexity index is 474. The van der Waals surface area contributed by atoms with Crippen molar-refractivity contribution in [3.8, 4) is 0 Å². The van der Waals surface area contributed by atoms with Crippen LogP contribution in [0.2, 0.25) is 0 Å². The quantitative estimate of drug-likeness (QED) is 0.819. The van der Waals surface area contributed by atoms with Crippen molar-refractivity contribution in [2.45, 2.75) is 13.5 Å². The molecule has 0 aliphatic heterocycles. The zero-order valence-electron chi connectivity index (χ0n) is 10.2. The van der Waals surface area contributed by atoms with Gasteiger partial charge in [-0.05, 0) is 30.7 Å². The number of nitrogen functional groups attached to an aromatic ring is 1. The van der Waals surface area contributed by atoms with Crippen molar-refractivity contribution in [3.05, 3.63) is 53.9 Å². The molecule has 0 saturated carbocycles. The largest absolute Gasteiger partial charge is 0.397 e. The third-order valence-electron chi connectivity index (χ3n) is 2.78. The zero-order chi connectivity index (χ0) is 12.3. The van der Waals surface area contributed by atoms with Gasteiger partial charge in [0.15, 0.2) is 0 Å². The smallest absolute Gasteiger partial charge is 0.0630 e. The maximum absolute atomic E-state index is 6.01. The lowest BCUT2D eigenvalue weighted by Crippen LogP contribution is -2.19. The van der Waals surface area contributed by atoms with E-state index in [0.29, 0.717) is 0 Å². The van der Waals surface area contributed by atoms with Crippen LogP contribution in [-0.4, -0.2) is 12.0 Å². The number of hydrogen-bond acceptors (Lipinski definition) is 3. The van der Waals surface area contributed by atoms with Crippen LogP contribution in [0.15, 0.2) is 42.6 Å². The second-order valence-corrected chi connectivity index (χ2v) is 4.19. The Morgan fingerprint density at radius 2 is 2.00 bits per heavy atom. The fraction of sp³-hybridized carbons (Fsp3) is 0.214. The Hall–Kier alpha value is -2.03. The molecule has 2 N–H and O–H groups in total. The van der Waals surface area contributed by atoms with Gasteiger partial charge >= 0.3 is 0 Å². The van der Waals surface area contributed by atoms with Crippen molar-refractivity contribution >= 4 is 11.4 Å². The molecule has 0 saturated heterocycles. The van der Waals surface area contributed by atoms with Crippen molar-refractivity contribution in [2.24, 2.45) is 0 Å². The first-order valence-corrected chi connectivity index (χ1v) is 5.64. The molecule has 1 heterocycles. The second-order valence-electron chi connectivity index (χ2n) is 4.19. The molecule has 0 amide bonds. The summed E-state index contributed by atoms with van der Waals surface area (Å²) in [5, 5.41) is 0. The van der Waals surface area contributed by atoms with E-state index < -0.39 is 0 Å². The third kappa shape index (κ3) is 2.56. The summed E-state index contributed by atoms with van der Waals surface area (Å²) in [6.07, 6.45) is 1.81. The fourth-order valence-corrected chi connectivity index (χ4v) is 2.02. The number of pyridine rings is 1. The monoisotopic (exact) mass is 227 g/mol. The van der Waals surface area contributed by atoms with E-state index in [9.17, 15) is 0 Å². The van der Waals surface area contributed by atoms with E-state index in [1.807, 2.05) is 43.6 Å². The van der Waals surface area contributed by atoms with E-state index in [4.69, 9.17) is 5.73 Å². The number of para-hydroxylation sites is 1. The van der Waals surface area contributed by atoms with E-state index in [1.54, 1.807) is 0 Å². The van der Waals surface area contributed by atoms with Crippen LogP contribution in [0.25, 0.3) is 0 Å². The van der Waals surface area contributed by atoms with Crippen LogP contribution in [0.5, 0.6) is 0 Å². The van der Waals surface area contributed by atoms with Crippen LogP contribution >= 0.6 is 0 Å². The lowest BCUT2D eigenvalue weighted by Gasteiger charge is -2.22. The molecule has 1 aromatic heterocycles. The van der Waals surface area contributed by atoms with Crippen molar-refractivity contribution in [2.75, 3.05) is 17.7 Å². The van der Waals surface area contributed by atoms with Crippen molar-refractivity contribution in [1.82, 2.24) is 4.98 Å². The molecule has 0 bridgehead atoms. The summed E-state index contributed by atoms with van der Waals surface area (Å²) in [5.74, 6) is 0. The zero-order valence-corrected chi connectivity index (χ0v) is 10.2. The minimum atomic E-state index is 0.760.